The van der Waals surface area contributed by atoms with Gasteiger partial charge in [-0.15, -0.1) is 0 Å². The van der Waals surface area contributed by atoms with E-state index < -0.39 is 0 Å². The molecule has 0 atom stereocenters. The largest absolute Gasteiger partial charge is 0.495 e. The van der Waals surface area contributed by atoms with Crippen LogP contribution in [0, 0.1) is 0 Å². The van der Waals surface area contributed by atoms with Crippen LogP contribution in [0.1, 0.15) is 30.1 Å². The van der Waals surface area contributed by atoms with Gasteiger partial charge < -0.3 is 15.4 Å². The normalized spacial score (nSPS) is 9.82. The number of anilines is 1. The van der Waals surface area contributed by atoms with Crippen molar-refractivity contribution in [3.05, 3.63) is 23.8 Å². The fourth-order valence-corrected chi connectivity index (χ4v) is 1.52. The van der Waals surface area contributed by atoms with E-state index in [0.29, 0.717) is 11.3 Å². The lowest BCUT2D eigenvalue weighted by Crippen LogP contribution is -2.17. The van der Waals surface area contributed by atoms with Crippen LogP contribution in [0.25, 0.3) is 0 Å². The van der Waals surface area contributed by atoms with Crippen molar-refractivity contribution < 1.29 is 9.53 Å². The van der Waals surface area contributed by atoms with Gasteiger partial charge in [0, 0.05) is 19.2 Å². The number of carbonyl (C=O) groups excluding carboxylic acids is 1. The first-order chi connectivity index (χ1) is 8.22. The highest BCUT2D eigenvalue weighted by Gasteiger charge is 2.08. The highest BCUT2D eigenvalue weighted by Crippen LogP contribution is 2.25. The lowest BCUT2D eigenvalue weighted by atomic mass is 10.1. The van der Waals surface area contributed by atoms with Crippen LogP contribution in [-0.4, -0.2) is 26.6 Å². The monoisotopic (exact) mass is 236 g/mol. The number of hydrogen-bond acceptors (Lipinski definition) is 3. The number of rotatable bonds is 6. The predicted molar refractivity (Wildman–Crippen MR) is 69.8 cm³/mol. The molecule has 17 heavy (non-hydrogen) atoms. The molecule has 0 aliphatic rings. The molecular weight excluding hydrogens is 216 g/mol. The molecule has 0 heterocycles. The molecule has 0 aromatic heterocycles. The molecule has 0 bridgehead atoms. The third-order valence-electron chi connectivity index (χ3n) is 2.54. The van der Waals surface area contributed by atoms with Gasteiger partial charge in [0.1, 0.15) is 5.75 Å². The molecule has 0 unspecified atom stereocenters. The quantitative estimate of drug-likeness (QED) is 0.745. The second-order valence-corrected chi connectivity index (χ2v) is 3.77. The zero-order valence-electron chi connectivity index (χ0n) is 10.7. The predicted octanol–water partition coefficient (Wildman–Crippen LogP) is 2.27. The molecule has 0 saturated carbocycles. The van der Waals surface area contributed by atoms with Crippen LogP contribution in [0.5, 0.6) is 5.75 Å². The molecule has 1 aromatic rings. The minimum Gasteiger partial charge on any atom is -0.495 e. The Morgan fingerprint density at radius 3 is 2.76 bits per heavy atom. The maximum absolute atomic E-state index is 11.5. The van der Waals surface area contributed by atoms with Crippen molar-refractivity contribution in [2.75, 3.05) is 26.0 Å². The molecule has 0 fully saturated rings. The Labute approximate surface area is 102 Å². The van der Waals surface area contributed by atoms with Crippen LogP contribution in [-0.2, 0) is 0 Å². The molecule has 1 rings (SSSR count). The van der Waals surface area contributed by atoms with E-state index in [1.165, 1.54) is 0 Å². The summed E-state index contributed by atoms with van der Waals surface area (Å²) in [7, 11) is 3.22. The van der Waals surface area contributed by atoms with Gasteiger partial charge in [-0.3, -0.25) is 4.79 Å². The van der Waals surface area contributed by atoms with Crippen molar-refractivity contribution in [2.24, 2.45) is 0 Å². The van der Waals surface area contributed by atoms with Crippen LogP contribution in [0.2, 0.25) is 0 Å². The average Bonchev–Trinajstić information content (AvgIpc) is 2.38. The molecule has 4 heteroatoms. The lowest BCUT2D eigenvalue weighted by molar-refractivity contribution is 0.0963. The van der Waals surface area contributed by atoms with Gasteiger partial charge in [-0.1, -0.05) is 13.3 Å². The van der Waals surface area contributed by atoms with Gasteiger partial charge >= 0.3 is 0 Å². The minimum atomic E-state index is -0.108. The standard InChI is InChI=1S/C13H20N2O2/c1-4-5-8-15-11-7-6-10(13(16)14-2)9-12(11)17-3/h6-7,9,15H,4-5,8H2,1-3H3,(H,14,16). The van der Waals surface area contributed by atoms with Gasteiger partial charge in [0.05, 0.1) is 12.8 Å². The summed E-state index contributed by atoms with van der Waals surface area (Å²) in [6, 6.07) is 5.40. The first kappa shape index (κ1) is 13.4. The highest BCUT2D eigenvalue weighted by molar-refractivity contribution is 5.95. The van der Waals surface area contributed by atoms with Crippen LogP contribution in [0.3, 0.4) is 0 Å². The first-order valence-corrected chi connectivity index (χ1v) is 5.87. The van der Waals surface area contributed by atoms with Gasteiger partial charge in [-0.25, -0.2) is 0 Å². The van der Waals surface area contributed by atoms with Crippen molar-refractivity contribution in [1.82, 2.24) is 5.32 Å². The molecule has 0 saturated heterocycles. The Balaban J connectivity index is 2.81. The molecule has 4 nitrogen and oxygen atoms in total. The third kappa shape index (κ3) is 3.66. The van der Waals surface area contributed by atoms with Gasteiger partial charge in [-0.05, 0) is 24.6 Å². The van der Waals surface area contributed by atoms with Crippen molar-refractivity contribution >= 4 is 11.6 Å². The summed E-state index contributed by atoms with van der Waals surface area (Å²) in [6.07, 6.45) is 2.26. The summed E-state index contributed by atoms with van der Waals surface area (Å²) in [4.78, 5) is 11.5. The Bertz CT molecular complexity index is 378. The molecule has 0 spiro atoms. The van der Waals surface area contributed by atoms with Crippen molar-refractivity contribution in [1.29, 1.82) is 0 Å². The zero-order chi connectivity index (χ0) is 12.7. The molecule has 94 valence electrons. The number of amides is 1. The third-order valence-corrected chi connectivity index (χ3v) is 2.54. The van der Waals surface area contributed by atoms with Crippen LogP contribution >= 0.6 is 0 Å². The average molecular weight is 236 g/mol. The SMILES string of the molecule is CCCCNc1ccc(C(=O)NC)cc1OC. The second-order valence-electron chi connectivity index (χ2n) is 3.77. The van der Waals surface area contributed by atoms with E-state index in [1.54, 1.807) is 26.3 Å². The van der Waals surface area contributed by atoms with Gasteiger partial charge in [-0.2, -0.15) is 0 Å². The number of carbonyl (C=O) groups is 1. The summed E-state index contributed by atoms with van der Waals surface area (Å²) in [5.41, 5.74) is 1.53. The topological polar surface area (TPSA) is 50.4 Å². The maximum Gasteiger partial charge on any atom is 0.251 e. The maximum atomic E-state index is 11.5. The van der Waals surface area contributed by atoms with E-state index in [4.69, 9.17) is 4.74 Å². The molecular formula is C13H20N2O2. The lowest BCUT2D eigenvalue weighted by Gasteiger charge is -2.12. The molecule has 0 radical (unpaired) electrons. The van der Waals surface area contributed by atoms with Gasteiger partial charge in [0.25, 0.3) is 5.91 Å². The Morgan fingerprint density at radius 1 is 1.41 bits per heavy atom. The highest BCUT2D eigenvalue weighted by atomic mass is 16.5. The number of ether oxygens (including phenoxy) is 1. The first-order valence-electron chi connectivity index (χ1n) is 5.87. The van der Waals surface area contributed by atoms with E-state index in [0.717, 1.165) is 25.1 Å². The van der Waals surface area contributed by atoms with E-state index >= 15 is 0 Å². The summed E-state index contributed by atoms with van der Waals surface area (Å²) in [6.45, 7) is 3.06. The zero-order valence-corrected chi connectivity index (χ0v) is 10.7. The summed E-state index contributed by atoms with van der Waals surface area (Å²) >= 11 is 0. The van der Waals surface area contributed by atoms with E-state index in [-0.39, 0.29) is 5.91 Å². The fraction of sp³-hybridized carbons (Fsp3) is 0.462. The number of unbranched alkanes of at least 4 members (excludes halogenated alkanes) is 1. The molecule has 1 aromatic carbocycles. The summed E-state index contributed by atoms with van der Waals surface area (Å²) in [5.74, 6) is 0.589. The van der Waals surface area contributed by atoms with Crippen molar-refractivity contribution in [2.45, 2.75) is 19.8 Å². The van der Waals surface area contributed by atoms with Crippen molar-refractivity contribution in [3.63, 3.8) is 0 Å². The molecule has 2 N–H and O–H groups in total. The Kier molecular flexibility index (Phi) is 5.33. The molecule has 0 aliphatic carbocycles. The van der Waals surface area contributed by atoms with Crippen LogP contribution < -0.4 is 15.4 Å². The van der Waals surface area contributed by atoms with E-state index in [1.807, 2.05) is 6.07 Å². The second kappa shape index (κ2) is 6.78. The Hall–Kier alpha value is -1.71. The molecule has 1 amide bonds. The number of nitrogens with one attached hydrogen (secondary N) is 2. The van der Waals surface area contributed by atoms with Gasteiger partial charge in [0.2, 0.25) is 0 Å². The van der Waals surface area contributed by atoms with Crippen LogP contribution in [0.4, 0.5) is 5.69 Å². The molecule has 0 aliphatic heterocycles. The fourth-order valence-electron chi connectivity index (χ4n) is 1.52. The summed E-state index contributed by atoms with van der Waals surface area (Å²) < 4.78 is 5.27. The van der Waals surface area contributed by atoms with Crippen LogP contribution in [0.15, 0.2) is 18.2 Å². The number of hydrogen-bond donors (Lipinski definition) is 2. The van der Waals surface area contributed by atoms with Crippen molar-refractivity contribution in [3.8, 4) is 5.75 Å². The number of methoxy groups -OCH3 is 1. The number of benzene rings is 1. The minimum absolute atomic E-state index is 0.108. The van der Waals surface area contributed by atoms with Gasteiger partial charge in [0.15, 0.2) is 0 Å². The smallest absolute Gasteiger partial charge is 0.251 e. The van der Waals surface area contributed by atoms with E-state index in [2.05, 4.69) is 17.6 Å². The van der Waals surface area contributed by atoms with E-state index in [9.17, 15) is 4.79 Å². The Morgan fingerprint density at radius 2 is 2.18 bits per heavy atom. The summed E-state index contributed by atoms with van der Waals surface area (Å²) in [5, 5.41) is 5.88.